The van der Waals surface area contributed by atoms with E-state index < -0.39 is 0 Å². The third kappa shape index (κ3) is 0.928. The quantitative estimate of drug-likeness (QED) is 0.547. The first kappa shape index (κ1) is 6.60. The number of rotatable bonds is 2. The lowest BCUT2D eigenvalue weighted by Crippen LogP contribution is -2.03. The number of nitrogens with zero attached hydrogens (tertiary/aromatic N) is 3. The van der Waals surface area contributed by atoms with Crippen LogP contribution in [0, 0.1) is 0 Å². The predicted molar refractivity (Wildman–Crippen MR) is 39.0 cm³/mol. The van der Waals surface area contributed by atoms with Crippen molar-refractivity contribution in [1.82, 2.24) is 15.0 Å². The van der Waals surface area contributed by atoms with Crippen molar-refractivity contribution >= 4 is 11.6 Å². The van der Waals surface area contributed by atoms with E-state index >= 15 is 0 Å². The van der Waals surface area contributed by atoms with Gasteiger partial charge in [0, 0.05) is 0 Å². The number of aromatic nitrogens is 3. The fraction of sp³-hybridized carbons (Fsp3) is 0.200. The maximum Gasteiger partial charge on any atom is 0.190 e. The van der Waals surface area contributed by atoms with Crippen LogP contribution < -0.4 is 11.5 Å². The smallest absolute Gasteiger partial charge is 0.190 e. The molecule has 0 spiro atoms. The van der Waals surface area contributed by atoms with Crippen LogP contribution in [-0.4, -0.2) is 15.0 Å². The first-order valence-electron chi connectivity index (χ1n) is 2.81. The van der Waals surface area contributed by atoms with E-state index in [9.17, 15) is 0 Å². The second-order valence-electron chi connectivity index (χ2n) is 1.83. The van der Waals surface area contributed by atoms with Crippen LogP contribution in [-0.2, 0) is 6.54 Å². The van der Waals surface area contributed by atoms with Crippen LogP contribution in [0.5, 0.6) is 0 Å². The van der Waals surface area contributed by atoms with E-state index in [1.165, 1.54) is 4.68 Å². The molecular weight excluding hydrogens is 130 g/mol. The lowest BCUT2D eigenvalue weighted by atomic mass is 10.6. The minimum Gasteiger partial charge on any atom is -0.381 e. The average molecular weight is 139 g/mol. The van der Waals surface area contributed by atoms with Crippen molar-refractivity contribution in [3.63, 3.8) is 0 Å². The number of nitrogen functional groups attached to an aromatic ring is 2. The molecule has 10 heavy (non-hydrogen) atoms. The van der Waals surface area contributed by atoms with Crippen molar-refractivity contribution < 1.29 is 0 Å². The second kappa shape index (κ2) is 2.38. The lowest BCUT2D eigenvalue weighted by molar-refractivity contribution is 0.671. The molecule has 54 valence electrons. The molecule has 1 rings (SSSR count). The summed E-state index contributed by atoms with van der Waals surface area (Å²) in [7, 11) is 0. The highest BCUT2D eigenvalue weighted by atomic mass is 15.5. The molecule has 0 saturated carbocycles. The first-order chi connectivity index (χ1) is 4.75. The molecule has 0 radical (unpaired) electrons. The third-order valence-electron chi connectivity index (χ3n) is 1.10. The molecule has 0 aliphatic heterocycles. The number of allylic oxidation sites excluding steroid dienone is 1. The van der Waals surface area contributed by atoms with Crippen LogP contribution in [0.4, 0.5) is 11.6 Å². The van der Waals surface area contributed by atoms with Crippen molar-refractivity contribution in [1.29, 1.82) is 0 Å². The number of anilines is 2. The van der Waals surface area contributed by atoms with Gasteiger partial charge >= 0.3 is 0 Å². The normalized spacial score (nSPS) is 9.60. The van der Waals surface area contributed by atoms with Crippen LogP contribution >= 0.6 is 0 Å². The molecule has 0 bridgehead atoms. The van der Waals surface area contributed by atoms with Gasteiger partial charge in [0.2, 0.25) is 0 Å². The molecule has 1 heterocycles. The van der Waals surface area contributed by atoms with E-state index in [0.717, 1.165) is 0 Å². The van der Waals surface area contributed by atoms with Gasteiger partial charge in [0.15, 0.2) is 11.6 Å². The first-order valence-corrected chi connectivity index (χ1v) is 2.81. The van der Waals surface area contributed by atoms with Gasteiger partial charge in [-0.1, -0.05) is 11.3 Å². The summed E-state index contributed by atoms with van der Waals surface area (Å²) in [6.45, 7) is 4.06. The summed E-state index contributed by atoms with van der Waals surface area (Å²) >= 11 is 0. The molecule has 0 atom stereocenters. The number of nitrogens with two attached hydrogens (primary N) is 2. The SMILES string of the molecule is C=CCn1nnc(N)c1N. The summed E-state index contributed by atoms with van der Waals surface area (Å²) in [5.74, 6) is 0.654. The molecule has 0 aliphatic carbocycles. The highest BCUT2D eigenvalue weighted by molar-refractivity contribution is 5.51. The summed E-state index contributed by atoms with van der Waals surface area (Å²) in [6, 6.07) is 0. The van der Waals surface area contributed by atoms with Gasteiger partial charge < -0.3 is 11.5 Å². The average Bonchev–Trinajstić information content (AvgIpc) is 2.20. The van der Waals surface area contributed by atoms with Gasteiger partial charge in [-0.25, -0.2) is 4.68 Å². The summed E-state index contributed by atoms with van der Waals surface area (Å²) in [5, 5.41) is 7.20. The Balaban J connectivity index is 2.93. The second-order valence-corrected chi connectivity index (χ2v) is 1.83. The van der Waals surface area contributed by atoms with Gasteiger partial charge in [-0.3, -0.25) is 0 Å². The van der Waals surface area contributed by atoms with E-state index in [2.05, 4.69) is 16.9 Å². The van der Waals surface area contributed by atoms with Crippen LogP contribution in [0.15, 0.2) is 12.7 Å². The topological polar surface area (TPSA) is 82.8 Å². The summed E-state index contributed by atoms with van der Waals surface area (Å²) in [6.07, 6.45) is 1.67. The molecule has 1 aromatic heterocycles. The molecule has 0 fully saturated rings. The fourth-order valence-electron chi connectivity index (χ4n) is 0.591. The van der Waals surface area contributed by atoms with Gasteiger partial charge in [0.1, 0.15) is 0 Å². The van der Waals surface area contributed by atoms with Crippen molar-refractivity contribution in [2.45, 2.75) is 6.54 Å². The van der Waals surface area contributed by atoms with E-state index in [-0.39, 0.29) is 5.82 Å². The van der Waals surface area contributed by atoms with E-state index in [0.29, 0.717) is 12.4 Å². The molecule has 0 aromatic carbocycles. The Morgan fingerprint density at radius 2 is 2.30 bits per heavy atom. The molecule has 0 aliphatic rings. The molecular formula is C5H9N5. The van der Waals surface area contributed by atoms with Gasteiger partial charge in [-0.15, -0.1) is 11.7 Å². The van der Waals surface area contributed by atoms with E-state index in [1.807, 2.05) is 0 Å². The van der Waals surface area contributed by atoms with Crippen molar-refractivity contribution in [2.24, 2.45) is 0 Å². The Hall–Kier alpha value is -1.52. The van der Waals surface area contributed by atoms with Crippen LogP contribution in [0.25, 0.3) is 0 Å². The maximum atomic E-state index is 5.45. The minimum atomic E-state index is 0.266. The lowest BCUT2D eigenvalue weighted by Gasteiger charge is -1.95. The van der Waals surface area contributed by atoms with Gasteiger partial charge in [0.25, 0.3) is 0 Å². The summed E-state index contributed by atoms with van der Waals surface area (Å²) in [4.78, 5) is 0. The van der Waals surface area contributed by atoms with Crippen molar-refractivity contribution in [3.05, 3.63) is 12.7 Å². The highest BCUT2D eigenvalue weighted by Crippen LogP contribution is 2.07. The van der Waals surface area contributed by atoms with Gasteiger partial charge in [0.05, 0.1) is 6.54 Å². The van der Waals surface area contributed by atoms with E-state index in [1.54, 1.807) is 6.08 Å². The molecule has 5 nitrogen and oxygen atoms in total. The van der Waals surface area contributed by atoms with Crippen molar-refractivity contribution in [3.8, 4) is 0 Å². The largest absolute Gasteiger partial charge is 0.381 e. The monoisotopic (exact) mass is 139 g/mol. The molecule has 4 N–H and O–H groups in total. The summed E-state index contributed by atoms with van der Waals surface area (Å²) < 4.78 is 1.47. The number of hydrogen-bond acceptors (Lipinski definition) is 4. The number of hydrogen-bond donors (Lipinski definition) is 2. The third-order valence-corrected chi connectivity index (χ3v) is 1.10. The Morgan fingerprint density at radius 3 is 2.70 bits per heavy atom. The zero-order chi connectivity index (χ0) is 7.56. The van der Waals surface area contributed by atoms with Gasteiger partial charge in [-0.2, -0.15) is 0 Å². The van der Waals surface area contributed by atoms with Crippen LogP contribution in [0.1, 0.15) is 0 Å². The molecule has 0 unspecified atom stereocenters. The molecule has 1 aromatic rings. The molecule has 0 amide bonds. The summed E-state index contributed by atoms with van der Waals surface area (Å²) in [5.41, 5.74) is 10.8. The minimum absolute atomic E-state index is 0.266. The molecule has 5 heteroatoms. The fourth-order valence-corrected chi connectivity index (χ4v) is 0.591. The van der Waals surface area contributed by atoms with E-state index in [4.69, 9.17) is 11.5 Å². The van der Waals surface area contributed by atoms with Gasteiger partial charge in [-0.05, 0) is 0 Å². The van der Waals surface area contributed by atoms with Crippen LogP contribution in [0.3, 0.4) is 0 Å². The Labute approximate surface area is 58.3 Å². The highest BCUT2D eigenvalue weighted by Gasteiger charge is 2.01. The standard InChI is InChI=1S/C5H9N5/c1-2-3-10-5(7)4(6)8-9-10/h2H,1,3,6-7H2. The van der Waals surface area contributed by atoms with Crippen molar-refractivity contribution in [2.75, 3.05) is 11.5 Å². The van der Waals surface area contributed by atoms with Crippen LogP contribution in [0.2, 0.25) is 0 Å². The zero-order valence-electron chi connectivity index (χ0n) is 5.49. The Bertz CT molecular complexity index is 238. The predicted octanol–water partition coefficient (Wildman–Crippen LogP) is -0.372. The Morgan fingerprint density at radius 1 is 1.60 bits per heavy atom. The zero-order valence-corrected chi connectivity index (χ0v) is 5.49. The maximum absolute atomic E-state index is 5.45. The Kier molecular flexibility index (Phi) is 1.57. The molecule has 0 saturated heterocycles.